The predicted octanol–water partition coefficient (Wildman–Crippen LogP) is 3.08. The molecular weight excluding hydrogens is 328 g/mol. The summed E-state index contributed by atoms with van der Waals surface area (Å²) in [7, 11) is 0. The summed E-state index contributed by atoms with van der Waals surface area (Å²) in [6, 6.07) is 5.63. The second-order valence-corrected chi connectivity index (χ2v) is 7.49. The SMILES string of the molecule is Cc1ccc2c(=O)n3c(NCC(C)C)nc(NCC(C)C)nc3nc2c1. The molecule has 0 saturated carbocycles. The van der Waals surface area contributed by atoms with Crippen LogP contribution in [-0.2, 0) is 0 Å². The molecule has 7 heteroatoms. The van der Waals surface area contributed by atoms with Crippen molar-refractivity contribution in [1.82, 2.24) is 19.4 Å². The van der Waals surface area contributed by atoms with E-state index in [-0.39, 0.29) is 5.56 Å². The Labute approximate surface area is 152 Å². The summed E-state index contributed by atoms with van der Waals surface area (Å²) in [5, 5.41) is 7.05. The van der Waals surface area contributed by atoms with Crippen molar-refractivity contribution in [2.45, 2.75) is 34.6 Å². The minimum atomic E-state index is -0.160. The summed E-state index contributed by atoms with van der Waals surface area (Å²) in [6.45, 7) is 11.9. The number of anilines is 2. The van der Waals surface area contributed by atoms with E-state index in [1.54, 1.807) is 0 Å². The van der Waals surface area contributed by atoms with Gasteiger partial charge in [0.15, 0.2) is 0 Å². The van der Waals surface area contributed by atoms with E-state index < -0.39 is 0 Å². The summed E-state index contributed by atoms with van der Waals surface area (Å²) in [4.78, 5) is 26.6. The Hall–Kier alpha value is -2.70. The monoisotopic (exact) mass is 354 g/mol. The van der Waals surface area contributed by atoms with Gasteiger partial charge in [-0.15, -0.1) is 0 Å². The van der Waals surface area contributed by atoms with Gasteiger partial charge in [0.1, 0.15) is 0 Å². The standard InChI is InChI=1S/C19H26N6O/c1-11(2)9-20-17-23-18(21-10-12(3)4)25-16(26)14-7-6-13(5)8-15(14)22-19(25)24-17/h6-8,11-12H,9-10H2,1-5H3,(H2,20,21,22,23,24). The molecule has 0 bridgehead atoms. The molecule has 0 fully saturated rings. The molecule has 0 saturated heterocycles. The molecule has 2 aromatic heterocycles. The van der Waals surface area contributed by atoms with E-state index in [0.29, 0.717) is 47.0 Å². The van der Waals surface area contributed by atoms with Crippen molar-refractivity contribution in [2.75, 3.05) is 23.7 Å². The molecular formula is C19H26N6O. The third-order valence-electron chi connectivity index (χ3n) is 3.97. The minimum absolute atomic E-state index is 0.160. The lowest BCUT2D eigenvalue weighted by Gasteiger charge is -2.14. The van der Waals surface area contributed by atoms with Crippen molar-refractivity contribution in [3.8, 4) is 0 Å². The molecule has 2 N–H and O–H groups in total. The van der Waals surface area contributed by atoms with Crippen LogP contribution in [0.25, 0.3) is 16.7 Å². The number of nitrogens with one attached hydrogen (secondary N) is 2. The second-order valence-electron chi connectivity index (χ2n) is 7.49. The molecule has 0 aliphatic rings. The van der Waals surface area contributed by atoms with Crippen LogP contribution in [-0.4, -0.2) is 32.4 Å². The molecule has 3 rings (SSSR count). The van der Waals surface area contributed by atoms with Crippen molar-refractivity contribution < 1.29 is 0 Å². The highest BCUT2D eigenvalue weighted by Crippen LogP contribution is 2.15. The summed E-state index contributed by atoms with van der Waals surface area (Å²) in [6.07, 6.45) is 0. The van der Waals surface area contributed by atoms with Crippen LogP contribution in [0, 0.1) is 18.8 Å². The molecule has 0 atom stereocenters. The molecule has 3 aromatic rings. The number of benzene rings is 1. The topological polar surface area (TPSA) is 84.2 Å². The largest absolute Gasteiger partial charge is 0.355 e. The van der Waals surface area contributed by atoms with Gasteiger partial charge in [-0.2, -0.15) is 9.97 Å². The van der Waals surface area contributed by atoms with E-state index in [9.17, 15) is 4.79 Å². The first-order valence-corrected chi connectivity index (χ1v) is 9.04. The highest BCUT2D eigenvalue weighted by atomic mass is 16.1. The van der Waals surface area contributed by atoms with Gasteiger partial charge in [-0.25, -0.2) is 9.38 Å². The van der Waals surface area contributed by atoms with Crippen molar-refractivity contribution >= 4 is 28.6 Å². The Bertz CT molecular complexity index is 993. The van der Waals surface area contributed by atoms with Crippen molar-refractivity contribution in [3.05, 3.63) is 34.1 Å². The Morgan fingerprint density at radius 2 is 1.69 bits per heavy atom. The van der Waals surface area contributed by atoms with Gasteiger partial charge in [0, 0.05) is 13.1 Å². The Kier molecular flexibility index (Phi) is 5.06. The number of hydrogen-bond acceptors (Lipinski definition) is 6. The number of hydrogen-bond donors (Lipinski definition) is 2. The number of aryl methyl sites for hydroxylation is 1. The first kappa shape index (κ1) is 18.1. The Morgan fingerprint density at radius 1 is 1.00 bits per heavy atom. The van der Waals surface area contributed by atoms with Crippen LogP contribution in [0.5, 0.6) is 0 Å². The number of aromatic nitrogens is 4. The summed E-state index contributed by atoms with van der Waals surface area (Å²) in [5.41, 5.74) is 1.55. The van der Waals surface area contributed by atoms with Crippen LogP contribution in [0.4, 0.5) is 11.9 Å². The van der Waals surface area contributed by atoms with E-state index in [0.717, 1.165) is 12.1 Å². The van der Waals surface area contributed by atoms with Crippen LogP contribution < -0.4 is 16.2 Å². The normalized spacial score (nSPS) is 11.7. The van der Waals surface area contributed by atoms with Gasteiger partial charge >= 0.3 is 0 Å². The lowest BCUT2D eigenvalue weighted by molar-refractivity contribution is 0.677. The summed E-state index contributed by atoms with van der Waals surface area (Å²) >= 11 is 0. The van der Waals surface area contributed by atoms with Crippen LogP contribution >= 0.6 is 0 Å². The molecule has 0 aliphatic heterocycles. The Balaban J connectivity index is 2.21. The average Bonchev–Trinajstić information content (AvgIpc) is 2.57. The lowest BCUT2D eigenvalue weighted by Crippen LogP contribution is -2.24. The van der Waals surface area contributed by atoms with Gasteiger partial charge in [0.25, 0.3) is 5.56 Å². The van der Waals surface area contributed by atoms with Gasteiger partial charge in [-0.1, -0.05) is 33.8 Å². The zero-order valence-electron chi connectivity index (χ0n) is 16.0. The first-order valence-electron chi connectivity index (χ1n) is 9.04. The minimum Gasteiger partial charge on any atom is -0.355 e. The number of nitrogens with zero attached hydrogens (tertiary/aromatic N) is 4. The van der Waals surface area contributed by atoms with E-state index >= 15 is 0 Å². The smallest absolute Gasteiger partial charge is 0.269 e. The highest BCUT2D eigenvalue weighted by molar-refractivity contribution is 5.80. The molecule has 26 heavy (non-hydrogen) atoms. The fourth-order valence-electron chi connectivity index (χ4n) is 2.61. The van der Waals surface area contributed by atoms with Crippen LogP contribution in [0.1, 0.15) is 33.3 Å². The van der Waals surface area contributed by atoms with E-state index in [1.165, 1.54) is 4.40 Å². The van der Waals surface area contributed by atoms with Gasteiger partial charge in [-0.3, -0.25) is 4.79 Å². The number of fused-ring (bicyclic) bond motifs is 2. The molecule has 0 spiro atoms. The van der Waals surface area contributed by atoms with Gasteiger partial charge in [0.05, 0.1) is 10.9 Å². The van der Waals surface area contributed by atoms with E-state index in [2.05, 4.69) is 53.3 Å². The average molecular weight is 354 g/mol. The van der Waals surface area contributed by atoms with Crippen molar-refractivity contribution in [2.24, 2.45) is 11.8 Å². The van der Waals surface area contributed by atoms with Crippen LogP contribution in [0.3, 0.4) is 0 Å². The zero-order valence-corrected chi connectivity index (χ0v) is 16.0. The van der Waals surface area contributed by atoms with Gasteiger partial charge in [0.2, 0.25) is 17.7 Å². The molecule has 7 nitrogen and oxygen atoms in total. The van der Waals surface area contributed by atoms with Crippen LogP contribution in [0.15, 0.2) is 23.0 Å². The molecule has 2 heterocycles. The van der Waals surface area contributed by atoms with Crippen molar-refractivity contribution in [3.63, 3.8) is 0 Å². The van der Waals surface area contributed by atoms with E-state index in [4.69, 9.17) is 0 Å². The summed E-state index contributed by atoms with van der Waals surface area (Å²) in [5.74, 6) is 2.16. The third kappa shape index (κ3) is 3.76. The Morgan fingerprint density at radius 3 is 2.38 bits per heavy atom. The predicted molar refractivity (Wildman–Crippen MR) is 106 cm³/mol. The molecule has 138 valence electrons. The quantitative estimate of drug-likeness (QED) is 0.662. The fourth-order valence-corrected chi connectivity index (χ4v) is 2.61. The second kappa shape index (κ2) is 7.27. The van der Waals surface area contributed by atoms with E-state index in [1.807, 2.05) is 25.1 Å². The molecule has 0 radical (unpaired) electrons. The molecule has 0 aliphatic carbocycles. The number of rotatable bonds is 6. The molecule has 0 amide bonds. The zero-order chi connectivity index (χ0) is 18.8. The fraction of sp³-hybridized carbons (Fsp3) is 0.474. The van der Waals surface area contributed by atoms with Gasteiger partial charge in [-0.05, 0) is 36.5 Å². The lowest BCUT2D eigenvalue weighted by atomic mass is 10.2. The first-order chi connectivity index (χ1) is 12.3. The van der Waals surface area contributed by atoms with Crippen molar-refractivity contribution in [1.29, 1.82) is 0 Å². The maximum absolute atomic E-state index is 13.0. The highest BCUT2D eigenvalue weighted by Gasteiger charge is 2.14. The maximum atomic E-state index is 13.0. The molecule has 0 unspecified atom stereocenters. The third-order valence-corrected chi connectivity index (χ3v) is 3.97. The summed E-state index contributed by atoms with van der Waals surface area (Å²) < 4.78 is 1.46. The van der Waals surface area contributed by atoms with Gasteiger partial charge < -0.3 is 10.6 Å². The maximum Gasteiger partial charge on any atom is 0.269 e. The molecule has 1 aromatic carbocycles. The van der Waals surface area contributed by atoms with Crippen LogP contribution in [0.2, 0.25) is 0 Å².